The summed E-state index contributed by atoms with van der Waals surface area (Å²) in [6.07, 6.45) is 2.84. The van der Waals surface area contributed by atoms with Gasteiger partial charge in [0.25, 0.3) is 5.91 Å². The van der Waals surface area contributed by atoms with E-state index in [-0.39, 0.29) is 17.8 Å². The molecule has 0 saturated carbocycles. The number of aryl methyl sites for hydroxylation is 1. The first-order chi connectivity index (χ1) is 12.6. The van der Waals surface area contributed by atoms with E-state index in [1.807, 2.05) is 17.9 Å². The van der Waals surface area contributed by atoms with Crippen LogP contribution in [0.25, 0.3) is 10.4 Å². The molecule has 140 valence electrons. The van der Waals surface area contributed by atoms with Crippen LogP contribution >= 0.6 is 11.3 Å². The van der Waals surface area contributed by atoms with Gasteiger partial charge in [-0.1, -0.05) is 12.1 Å². The van der Waals surface area contributed by atoms with E-state index in [0.717, 1.165) is 53.2 Å². The number of likely N-dealkylation sites (tertiary alicyclic amines) is 1. The Balaban J connectivity index is 1.62. The van der Waals surface area contributed by atoms with Gasteiger partial charge in [0.05, 0.1) is 11.0 Å². The standard InChI is InChI=1S/C20H25FN2O2S/c1-14-13-18(26-19(14)15-3-5-16(21)6-4-15)20(24)23-10-7-17(8-11-23)25-12-2-9-22/h3-6,13,17H,2,7-12,22H2,1H3. The maximum absolute atomic E-state index is 13.1. The molecule has 0 atom stereocenters. The molecule has 0 unspecified atom stereocenters. The number of hydrogen-bond donors (Lipinski definition) is 1. The smallest absolute Gasteiger partial charge is 0.263 e. The molecule has 1 amide bonds. The van der Waals surface area contributed by atoms with Crippen LogP contribution in [-0.2, 0) is 4.74 Å². The van der Waals surface area contributed by atoms with Crippen molar-refractivity contribution < 1.29 is 13.9 Å². The predicted octanol–water partition coefficient (Wildman–Crippen LogP) is 3.83. The van der Waals surface area contributed by atoms with E-state index in [1.54, 1.807) is 12.1 Å². The van der Waals surface area contributed by atoms with E-state index in [4.69, 9.17) is 10.5 Å². The zero-order valence-electron chi connectivity index (χ0n) is 15.0. The number of benzene rings is 1. The molecule has 3 rings (SSSR count). The van der Waals surface area contributed by atoms with Crippen molar-refractivity contribution in [3.05, 3.63) is 46.6 Å². The van der Waals surface area contributed by atoms with Crippen molar-refractivity contribution in [3.8, 4) is 10.4 Å². The van der Waals surface area contributed by atoms with Gasteiger partial charge in [-0.05, 0) is 62.1 Å². The lowest BCUT2D eigenvalue weighted by Gasteiger charge is -2.31. The van der Waals surface area contributed by atoms with E-state index in [0.29, 0.717) is 13.2 Å². The second-order valence-corrected chi connectivity index (χ2v) is 7.69. The minimum absolute atomic E-state index is 0.0758. The Morgan fingerprint density at radius 1 is 1.31 bits per heavy atom. The number of carbonyl (C=O) groups excluding carboxylic acids is 1. The van der Waals surface area contributed by atoms with E-state index in [9.17, 15) is 9.18 Å². The summed E-state index contributed by atoms with van der Waals surface area (Å²) in [5, 5.41) is 0. The Hall–Kier alpha value is -1.76. The molecule has 6 heteroatoms. The average molecular weight is 376 g/mol. The fraction of sp³-hybridized carbons (Fsp3) is 0.450. The molecular formula is C20H25FN2O2S. The average Bonchev–Trinajstić information content (AvgIpc) is 3.04. The zero-order chi connectivity index (χ0) is 18.5. The van der Waals surface area contributed by atoms with Gasteiger partial charge in [-0.3, -0.25) is 4.79 Å². The van der Waals surface area contributed by atoms with E-state index < -0.39 is 0 Å². The number of nitrogens with zero attached hydrogens (tertiary/aromatic N) is 1. The van der Waals surface area contributed by atoms with Crippen molar-refractivity contribution in [2.45, 2.75) is 32.3 Å². The topological polar surface area (TPSA) is 55.6 Å². The number of hydrogen-bond acceptors (Lipinski definition) is 4. The summed E-state index contributed by atoms with van der Waals surface area (Å²) in [7, 11) is 0. The number of carbonyl (C=O) groups is 1. The van der Waals surface area contributed by atoms with Gasteiger partial charge in [0.15, 0.2) is 0 Å². The molecule has 1 aliphatic heterocycles. The normalized spacial score (nSPS) is 15.4. The molecule has 4 nitrogen and oxygen atoms in total. The number of piperidine rings is 1. The molecule has 2 heterocycles. The Morgan fingerprint density at radius 2 is 2.00 bits per heavy atom. The molecule has 1 fully saturated rings. The summed E-state index contributed by atoms with van der Waals surface area (Å²) in [6, 6.07) is 8.35. The predicted molar refractivity (Wildman–Crippen MR) is 103 cm³/mol. The molecular weight excluding hydrogens is 351 g/mol. The molecule has 0 spiro atoms. The van der Waals surface area contributed by atoms with Crippen LogP contribution in [0.2, 0.25) is 0 Å². The van der Waals surface area contributed by atoms with Crippen LogP contribution in [0.1, 0.15) is 34.5 Å². The molecule has 0 aliphatic carbocycles. The second kappa shape index (κ2) is 8.75. The van der Waals surface area contributed by atoms with Crippen molar-refractivity contribution in [3.63, 3.8) is 0 Å². The fourth-order valence-electron chi connectivity index (χ4n) is 3.19. The van der Waals surface area contributed by atoms with Crippen LogP contribution < -0.4 is 5.73 Å². The first-order valence-electron chi connectivity index (χ1n) is 9.06. The summed E-state index contributed by atoms with van der Waals surface area (Å²) in [5.74, 6) is -0.178. The molecule has 2 aromatic rings. The number of halogens is 1. The summed E-state index contributed by atoms with van der Waals surface area (Å²) < 4.78 is 18.9. The molecule has 26 heavy (non-hydrogen) atoms. The van der Waals surface area contributed by atoms with Gasteiger partial charge in [0.2, 0.25) is 0 Å². The number of amides is 1. The van der Waals surface area contributed by atoms with Crippen molar-refractivity contribution in [2.75, 3.05) is 26.2 Å². The first-order valence-corrected chi connectivity index (χ1v) is 9.87. The van der Waals surface area contributed by atoms with Gasteiger partial charge in [-0.25, -0.2) is 4.39 Å². The Labute approximate surface area is 157 Å². The fourth-order valence-corrected chi connectivity index (χ4v) is 4.34. The second-order valence-electron chi connectivity index (χ2n) is 6.63. The van der Waals surface area contributed by atoms with Crippen molar-refractivity contribution in [2.24, 2.45) is 5.73 Å². The van der Waals surface area contributed by atoms with Crippen LogP contribution in [0.5, 0.6) is 0 Å². The highest BCUT2D eigenvalue weighted by Gasteiger charge is 2.25. The van der Waals surface area contributed by atoms with Crippen LogP contribution in [0.15, 0.2) is 30.3 Å². The number of nitrogens with two attached hydrogens (primary N) is 1. The van der Waals surface area contributed by atoms with Crippen molar-refractivity contribution in [1.82, 2.24) is 4.90 Å². The van der Waals surface area contributed by atoms with E-state index in [2.05, 4.69) is 0 Å². The third-order valence-corrected chi connectivity index (χ3v) is 5.94. The van der Waals surface area contributed by atoms with E-state index in [1.165, 1.54) is 23.5 Å². The lowest BCUT2D eigenvalue weighted by molar-refractivity contribution is 0.00857. The van der Waals surface area contributed by atoms with Crippen LogP contribution in [0.4, 0.5) is 4.39 Å². The van der Waals surface area contributed by atoms with Crippen molar-refractivity contribution >= 4 is 17.2 Å². The Bertz CT molecular complexity index is 737. The highest BCUT2D eigenvalue weighted by atomic mass is 32.1. The van der Waals surface area contributed by atoms with Gasteiger partial charge in [0, 0.05) is 24.6 Å². The summed E-state index contributed by atoms with van der Waals surface area (Å²) in [5.41, 5.74) is 7.47. The van der Waals surface area contributed by atoms with Gasteiger partial charge in [0.1, 0.15) is 5.82 Å². The van der Waals surface area contributed by atoms with Gasteiger partial charge in [-0.15, -0.1) is 11.3 Å². The maximum atomic E-state index is 13.1. The molecule has 1 aromatic carbocycles. The lowest BCUT2D eigenvalue weighted by Crippen LogP contribution is -2.40. The third kappa shape index (κ3) is 4.50. The zero-order valence-corrected chi connectivity index (χ0v) is 15.9. The summed E-state index contributed by atoms with van der Waals surface area (Å²) >= 11 is 1.48. The van der Waals surface area contributed by atoms with Crippen LogP contribution in [0.3, 0.4) is 0 Å². The molecule has 0 radical (unpaired) electrons. The SMILES string of the molecule is Cc1cc(C(=O)N2CCC(OCCCN)CC2)sc1-c1ccc(F)cc1. The number of ether oxygens (including phenoxy) is 1. The largest absolute Gasteiger partial charge is 0.378 e. The van der Waals surface area contributed by atoms with Gasteiger partial charge < -0.3 is 15.4 Å². The van der Waals surface area contributed by atoms with Gasteiger partial charge >= 0.3 is 0 Å². The summed E-state index contributed by atoms with van der Waals surface area (Å²) in [4.78, 5) is 16.5. The lowest BCUT2D eigenvalue weighted by atomic mass is 10.1. The molecule has 1 aromatic heterocycles. The minimum atomic E-state index is -0.254. The highest BCUT2D eigenvalue weighted by Crippen LogP contribution is 2.33. The Kier molecular flexibility index (Phi) is 6.40. The van der Waals surface area contributed by atoms with Gasteiger partial charge in [-0.2, -0.15) is 0 Å². The molecule has 2 N–H and O–H groups in total. The summed E-state index contributed by atoms with van der Waals surface area (Å²) in [6.45, 7) is 4.76. The number of rotatable bonds is 6. The monoisotopic (exact) mass is 376 g/mol. The highest BCUT2D eigenvalue weighted by molar-refractivity contribution is 7.17. The number of thiophene rings is 1. The molecule has 0 bridgehead atoms. The van der Waals surface area contributed by atoms with Crippen molar-refractivity contribution in [1.29, 1.82) is 0 Å². The molecule has 1 saturated heterocycles. The van der Waals surface area contributed by atoms with Crippen LogP contribution in [0, 0.1) is 12.7 Å². The Morgan fingerprint density at radius 3 is 2.65 bits per heavy atom. The van der Waals surface area contributed by atoms with E-state index >= 15 is 0 Å². The third-order valence-electron chi connectivity index (χ3n) is 4.67. The van der Waals surface area contributed by atoms with Crippen LogP contribution in [-0.4, -0.2) is 43.2 Å². The molecule has 1 aliphatic rings. The first kappa shape index (κ1) is 19.0. The quantitative estimate of drug-likeness (QED) is 0.780. The minimum Gasteiger partial charge on any atom is -0.378 e. The maximum Gasteiger partial charge on any atom is 0.263 e.